The molecule has 1 nitrogen and oxygen atoms in total. The molecule has 0 radical (unpaired) electrons. The Kier molecular flexibility index (Phi) is 5.75. The molecular weight excluding hydrogens is 220 g/mol. The van der Waals surface area contributed by atoms with Gasteiger partial charge >= 0.3 is 0 Å². The van der Waals surface area contributed by atoms with E-state index in [1.165, 1.54) is 57.8 Å². The number of allylic oxidation sites excluding steroid dienone is 2. The molecule has 2 aliphatic carbocycles. The highest BCUT2D eigenvalue weighted by molar-refractivity contribution is 4.91. The molecule has 1 N–H and O–H groups in total. The van der Waals surface area contributed by atoms with Gasteiger partial charge in [0.05, 0.1) is 0 Å². The van der Waals surface area contributed by atoms with Gasteiger partial charge in [-0.3, -0.25) is 0 Å². The molecule has 2 rings (SSSR count). The van der Waals surface area contributed by atoms with Crippen LogP contribution in [-0.4, -0.2) is 11.7 Å². The van der Waals surface area contributed by atoms with Gasteiger partial charge in [0.1, 0.15) is 0 Å². The van der Waals surface area contributed by atoms with Crippen LogP contribution in [0.25, 0.3) is 0 Å². The zero-order chi connectivity index (χ0) is 12.8. The molecule has 1 heteroatoms. The van der Waals surface area contributed by atoms with Gasteiger partial charge in [0.2, 0.25) is 0 Å². The van der Waals surface area contributed by atoms with Crippen molar-refractivity contribution in [2.24, 2.45) is 23.7 Å². The van der Waals surface area contributed by atoms with Crippen molar-refractivity contribution in [3.8, 4) is 0 Å². The fourth-order valence-electron chi connectivity index (χ4n) is 3.98. The van der Waals surface area contributed by atoms with Crippen LogP contribution in [0.2, 0.25) is 0 Å². The molecule has 0 aromatic heterocycles. The summed E-state index contributed by atoms with van der Waals surface area (Å²) in [5.41, 5.74) is 0. The number of hydrogen-bond donors (Lipinski definition) is 1. The number of rotatable bonds is 4. The van der Waals surface area contributed by atoms with Crippen molar-refractivity contribution in [1.82, 2.24) is 0 Å². The van der Waals surface area contributed by atoms with E-state index in [0.29, 0.717) is 12.5 Å². The molecule has 0 aromatic rings. The summed E-state index contributed by atoms with van der Waals surface area (Å²) in [6, 6.07) is 0. The number of aliphatic hydroxyl groups is 1. The van der Waals surface area contributed by atoms with E-state index in [0.717, 1.165) is 17.8 Å². The molecule has 0 atom stereocenters. The highest BCUT2D eigenvalue weighted by Gasteiger charge is 2.29. The molecule has 2 fully saturated rings. The second kappa shape index (κ2) is 7.33. The Morgan fingerprint density at radius 3 is 1.94 bits per heavy atom. The Labute approximate surface area is 113 Å². The topological polar surface area (TPSA) is 20.2 Å². The Morgan fingerprint density at radius 1 is 0.889 bits per heavy atom. The zero-order valence-corrected chi connectivity index (χ0v) is 12.0. The first-order chi connectivity index (χ1) is 8.83. The summed E-state index contributed by atoms with van der Waals surface area (Å²) in [6.07, 6.45) is 17.0. The van der Waals surface area contributed by atoms with Crippen LogP contribution < -0.4 is 0 Å². The van der Waals surface area contributed by atoms with Gasteiger partial charge in [-0.2, -0.15) is 0 Å². The predicted octanol–water partition coefficient (Wildman–Crippen LogP) is 4.56. The summed E-state index contributed by atoms with van der Waals surface area (Å²) < 4.78 is 0. The SMILES string of the molecule is CCC=C[C@H]1CC[C@H]([C@H]2CC[C@H](CO)CC2)CC1. The first-order valence-electron chi connectivity index (χ1n) is 8.11. The summed E-state index contributed by atoms with van der Waals surface area (Å²) in [5, 5.41) is 9.20. The molecular formula is C17H30O. The van der Waals surface area contributed by atoms with Crippen molar-refractivity contribution in [3.63, 3.8) is 0 Å². The van der Waals surface area contributed by atoms with E-state index in [1.54, 1.807) is 0 Å². The van der Waals surface area contributed by atoms with E-state index < -0.39 is 0 Å². The largest absolute Gasteiger partial charge is 0.396 e. The Morgan fingerprint density at radius 2 is 1.44 bits per heavy atom. The Bertz CT molecular complexity index is 242. The average molecular weight is 250 g/mol. The van der Waals surface area contributed by atoms with E-state index in [9.17, 15) is 5.11 Å². The standard InChI is InChI=1S/C17H30O/c1-2-3-4-14-5-9-16(10-6-14)17-11-7-15(13-18)8-12-17/h3-4,14-18H,2,5-13H2,1H3/t14-,15-,16-,17-. The van der Waals surface area contributed by atoms with Crippen LogP contribution in [0.5, 0.6) is 0 Å². The lowest BCUT2D eigenvalue weighted by atomic mass is 9.69. The third kappa shape index (κ3) is 3.85. The predicted molar refractivity (Wildman–Crippen MR) is 77.4 cm³/mol. The van der Waals surface area contributed by atoms with Crippen LogP contribution in [-0.2, 0) is 0 Å². The van der Waals surface area contributed by atoms with E-state index in [-0.39, 0.29) is 0 Å². The molecule has 104 valence electrons. The minimum atomic E-state index is 0.418. The van der Waals surface area contributed by atoms with Crippen LogP contribution in [0.15, 0.2) is 12.2 Å². The number of hydrogen-bond acceptors (Lipinski definition) is 1. The van der Waals surface area contributed by atoms with Crippen LogP contribution >= 0.6 is 0 Å². The Hall–Kier alpha value is -0.300. The molecule has 0 bridgehead atoms. The molecule has 0 saturated heterocycles. The lowest BCUT2D eigenvalue weighted by molar-refractivity contribution is 0.122. The lowest BCUT2D eigenvalue weighted by Gasteiger charge is -2.37. The maximum absolute atomic E-state index is 9.20. The summed E-state index contributed by atoms with van der Waals surface area (Å²) in [6.45, 7) is 2.64. The molecule has 0 aromatic carbocycles. The quantitative estimate of drug-likeness (QED) is 0.725. The smallest absolute Gasteiger partial charge is 0.0459 e. The summed E-state index contributed by atoms with van der Waals surface area (Å²) in [4.78, 5) is 0. The van der Waals surface area contributed by atoms with Crippen molar-refractivity contribution in [2.75, 3.05) is 6.61 Å². The van der Waals surface area contributed by atoms with Crippen molar-refractivity contribution in [2.45, 2.75) is 64.7 Å². The summed E-state index contributed by atoms with van der Waals surface area (Å²) >= 11 is 0. The molecule has 18 heavy (non-hydrogen) atoms. The van der Waals surface area contributed by atoms with Gasteiger partial charge in [0.15, 0.2) is 0 Å². The highest BCUT2D eigenvalue weighted by Crippen LogP contribution is 2.41. The summed E-state index contributed by atoms with van der Waals surface area (Å²) in [7, 11) is 0. The summed E-state index contributed by atoms with van der Waals surface area (Å²) in [5.74, 6) is 3.46. The lowest BCUT2D eigenvalue weighted by Crippen LogP contribution is -2.26. The molecule has 0 aliphatic heterocycles. The van der Waals surface area contributed by atoms with Crippen molar-refractivity contribution >= 4 is 0 Å². The second-order valence-corrected chi connectivity index (χ2v) is 6.47. The maximum atomic E-state index is 9.20. The van der Waals surface area contributed by atoms with E-state index in [1.807, 2.05) is 0 Å². The zero-order valence-electron chi connectivity index (χ0n) is 12.0. The van der Waals surface area contributed by atoms with Crippen molar-refractivity contribution in [3.05, 3.63) is 12.2 Å². The van der Waals surface area contributed by atoms with Gasteiger partial charge in [0, 0.05) is 6.61 Å². The van der Waals surface area contributed by atoms with E-state index in [2.05, 4.69) is 19.1 Å². The average Bonchev–Trinajstić information content (AvgIpc) is 2.46. The van der Waals surface area contributed by atoms with Gasteiger partial charge in [-0.25, -0.2) is 0 Å². The first kappa shape index (κ1) is 14.1. The fraction of sp³-hybridized carbons (Fsp3) is 0.882. The van der Waals surface area contributed by atoms with Gasteiger partial charge < -0.3 is 5.11 Å². The fourth-order valence-corrected chi connectivity index (χ4v) is 3.98. The monoisotopic (exact) mass is 250 g/mol. The molecule has 0 spiro atoms. The van der Waals surface area contributed by atoms with Crippen LogP contribution in [0.1, 0.15) is 64.7 Å². The second-order valence-electron chi connectivity index (χ2n) is 6.47. The van der Waals surface area contributed by atoms with E-state index in [4.69, 9.17) is 0 Å². The maximum Gasteiger partial charge on any atom is 0.0459 e. The van der Waals surface area contributed by atoms with E-state index >= 15 is 0 Å². The number of aliphatic hydroxyl groups excluding tert-OH is 1. The van der Waals surface area contributed by atoms with Gasteiger partial charge in [-0.05, 0) is 81.5 Å². The van der Waals surface area contributed by atoms with Crippen LogP contribution in [0.4, 0.5) is 0 Å². The van der Waals surface area contributed by atoms with Gasteiger partial charge in [-0.1, -0.05) is 19.1 Å². The van der Waals surface area contributed by atoms with Crippen molar-refractivity contribution in [1.29, 1.82) is 0 Å². The third-order valence-electron chi connectivity index (χ3n) is 5.28. The van der Waals surface area contributed by atoms with Crippen molar-refractivity contribution < 1.29 is 5.11 Å². The minimum absolute atomic E-state index is 0.418. The van der Waals surface area contributed by atoms with Gasteiger partial charge in [-0.15, -0.1) is 0 Å². The normalized spacial score (nSPS) is 38.1. The highest BCUT2D eigenvalue weighted by atomic mass is 16.3. The molecule has 0 heterocycles. The molecule has 0 amide bonds. The van der Waals surface area contributed by atoms with Gasteiger partial charge in [0.25, 0.3) is 0 Å². The van der Waals surface area contributed by atoms with Crippen LogP contribution in [0.3, 0.4) is 0 Å². The third-order valence-corrected chi connectivity index (χ3v) is 5.28. The first-order valence-corrected chi connectivity index (χ1v) is 8.11. The molecule has 0 unspecified atom stereocenters. The molecule has 2 aliphatic rings. The minimum Gasteiger partial charge on any atom is -0.396 e. The van der Waals surface area contributed by atoms with Crippen LogP contribution in [0, 0.1) is 23.7 Å². The Balaban J connectivity index is 1.71. The molecule has 2 saturated carbocycles.